The Bertz CT molecular complexity index is 973. The van der Waals surface area contributed by atoms with Crippen LogP contribution >= 0.6 is 0 Å². The van der Waals surface area contributed by atoms with Gasteiger partial charge in [-0.1, -0.05) is 18.2 Å². The monoisotopic (exact) mass is 410 g/mol. The summed E-state index contributed by atoms with van der Waals surface area (Å²) in [5.41, 5.74) is 0. The Morgan fingerprint density at radius 1 is 1.03 bits per heavy atom. The van der Waals surface area contributed by atoms with E-state index < -0.39 is 12.1 Å². The summed E-state index contributed by atoms with van der Waals surface area (Å²) >= 11 is 0. The third-order valence-electron chi connectivity index (χ3n) is 4.15. The van der Waals surface area contributed by atoms with E-state index in [1.165, 1.54) is 4.80 Å². The predicted octanol–water partition coefficient (Wildman–Crippen LogP) is 2.91. The number of carbonyl (C=O) groups excluding carboxylic acids is 1. The molecule has 9 nitrogen and oxygen atoms in total. The third kappa shape index (κ3) is 6.40. The van der Waals surface area contributed by atoms with Crippen LogP contribution < -0.4 is 9.47 Å². The SMILES string of the molecule is CC(Oc1ccc(Oc2ccccc2)cc1)C(=O)Cn1nnc(CCCC(=O)O)n1. The Balaban J connectivity index is 1.48. The Kier molecular flexibility index (Phi) is 7.09. The standard InChI is InChI=1S/C21H22N4O5/c1-15(19(26)14-25-23-20(22-24-25)8-5-9-21(27)28)29-17-10-12-18(13-11-17)30-16-6-3-2-4-7-16/h2-4,6-7,10-13,15H,5,8-9,14H2,1H3,(H,27,28). The van der Waals surface area contributed by atoms with Gasteiger partial charge in [-0.15, -0.1) is 10.2 Å². The third-order valence-corrected chi connectivity index (χ3v) is 4.15. The van der Waals surface area contributed by atoms with E-state index >= 15 is 0 Å². The molecule has 9 heteroatoms. The van der Waals surface area contributed by atoms with Crippen molar-refractivity contribution in [3.05, 3.63) is 60.4 Å². The number of carboxylic acids is 1. The molecule has 0 saturated carbocycles. The lowest BCUT2D eigenvalue weighted by atomic mass is 10.2. The molecule has 2 aromatic carbocycles. The number of hydrogen-bond acceptors (Lipinski definition) is 7. The molecule has 0 saturated heterocycles. The molecule has 0 aliphatic rings. The van der Waals surface area contributed by atoms with Crippen molar-refractivity contribution in [2.45, 2.75) is 38.8 Å². The number of ether oxygens (including phenoxy) is 2. The van der Waals surface area contributed by atoms with Gasteiger partial charge in [-0.2, -0.15) is 4.80 Å². The number of para-hydroxylation sites is 1. The van der Waals surface area contributed by atoms with Crippen LogP contribution in [-0.4, -0.2) is 43.2 Å². The maximum absolute atomic E-state index is 12.4. The summed E-state index contributed by atoms with van der Waals surface area (Å²) in [6, 6.07) is 16.4. The number of aliphatic carboxylic acids is 1. The van der Waals surface area contributed by atoms with Crippen molar-refractivity contribution in [1.29, 1.82) is 0 Å². The molecule has 156 valence electrons. The molecule has 1 unspecified atom stereocenters. The lowest BCUT2D eigenvalue weighted by Crippen LogP contribution is -2.28. The van der Waals surface area contributed by atoms with E-state index in [2.05, 4.69) is 15.4 Å². The second-order valence-electron chi connectivity index (χ2n) is 6.60. The minimum atomic E-state index is -0.872. The Hall–Kier alpha value is -3.75. The van der Waals surface area contributed by atoms with Gasteiger partial charge in [0.25, 0.3) is 0 Å². The minimum absolute atomic E-state index is 0.0352. The molecule has 0 radical (unpaired) electrons. The highest BCUT2D eigenvalue weighted by atomic mass is 16.5. The molecule has 1 heterocycles. The lowest BCUT2D eigenvalue weighted by Gasteiger charge is -2.13. The topological polar surface area (TPSA) is 116 Å². The van der Waals surface area contributed by atoms with Crippen molar-refractivity contribution in [2.75, 3.05) is 0 Å². The zero-order valence-electron chi connectivity index (χ0n) is 16.5. The number of aromatic nitrogens is 4. The van der Waals surface area contributed by atoms with Crippen molar-refractivity contribution in [2.24, 2.45) is 0 Å². The highest BCUT2D eigenvalue weighted by molar-refractivity contribution is 5.82. The number of carbonyl (C=O) groups is 2. The van der Waals surface area contributed by atoms with Crippen LogP contribution in [-0.2, 0) is 22.6 Å². The highest BCUT2D eigenvalue weighted by Gasteiger charge is 2.17. The van der Waals surface area contributed by atoms with Crippen molar-refractivity contribution in [3.8, 4) is 17.2 Å². The molecule has 1 aromatic heterocycles. The fourth-order valence-corrected chi connectivity index (χ4v) is 2.59. The first kappa shape index (κ1) is 21.0. The molecule has 0 aliphatic carbocycles. The molecule has 3 rings (SSSR count). The van der Waals surface area contributed by atoms with Crippen LogP contribution in [0, 0.1) is 0 Å². The Labute approximate surface area is 173 Å². The van der Waals surface area contributed by atoms with Crippen LogP contribution in [0.25, 0.3) is 0 Å². The summed E-state index contributed by atoms with van der Waals surface area (Å²) < 4.78 is 11.4. The van der Waals surface area contributed by atoms with Gasteiger partial charge in [0.1, 0.15) is 23.8 Å². The van der Waals surface area contributed by atoms with Crippen molar-refractivity contribution < 1.29 is 24.2 Å². The normalized spacial score (nSPS) is 11.6. The van der Waals surface area contributed by atoms with Crippen LogP contribution in [0.2, 0.25) is 0 Å². The van der Waals surface area contributed by atoms with Gasteiger partial charge >= 0.3 is 5.97 Å². The van der Waals surface area contributed by atoms with Gasteiger partial charge in [0.2, 0.25) is 0 Å². The molecular formula is C21H22N4O5. The van der Waals surface area contributed by atoms with Crippen LogP contribution in [0.1, 0.15) is 25.6 Å². The Morgan fingerprint density at radius 3 is 2.40 bits per heavy atom. The molecule has 0 bridgehead atoms. The number of ketones is 1. The molecule has 1 atom stereocenters. The first-order chi connectivity index (χ1) is 14.5. The molecule has 3 aromatic rings. The second-order valence-corrected chi connectivity index (χ2v) is 6.60. The minimum Gasteiger partial charge on any atom is -0.483 e. The van der Waals surface area contributed by atoms with Crippen LogP contribution in [0.4, 0.5) is 0 Å². The van der Waals surface area contributed by atoms with Gasteiger partial charge in [-0.3, -0.25) is 9.59 Å². The molecule has 0 amide bonds. The largest absolute Gasteiger partial charge is 0.483 e. The molecule has 1 N–H and O–H groups in total. The van der Waals surface area contributed by atoms with E-state index in [-0.39, 0.29) is 18.7 Å². The van der Waals surface area contributed by atoms with Crippen LogP contribution in [0.5, 0.6) is 17.2 Å². The average Bonchev–Trinajstić information content (AvgIpc) is 3.17. The van der Waals surface area contributed by atoms with Gasteiger partial charge in [0, 0.05) is 12.8 Å². The molecule has 0 aliphatic heterocycles. The lowest BCUT2D eigenvalue weighted by molar-refractivity contribution is -0.137. The van der Waals surface area contributed by atoms with Gasteiger partial charge in [-0.25, -0.2) is 0 Å². The average molecular weight is 410 g/mol. The quantitative estimate of drug-likeness (QED) is 0.513. The van der Waals surface area contributed by atoms with E-state index in [9.17, 15) is 9.59 Å². The maximum atomic E-state index is 12.4. The first-order valence-corrected chi connectivity index (χ1v) is 9.50. The van der Waals surface area contributed by atoms with Crippen molar-refractivity contribution in [1.82, 2.24) is 20.2 Å². The number of nitrogens with zero attached hydrogens (tertiary/aromatic N) is 4. The number of rotatable bonds is 11. The zero-order chi connectivity index (χ0) is 21.3. The van der Waals surface area contributed by atoms with Crippen LogP contribution in [0.3, 0.4) is 0 Å². The van der Waals surface area contributed by atoms with Gasteiger partial charge in [0.15, 0.2) is 17.7 Å². The van der Waals surface area contributed by atoms with E-state index in [0.29, 0.717) is 30.2 Å². The van der Waals surface area contributed by atoms with E-state index in [4.69, 9.17) is 14.6 Å². The van der Waals surface area contributed by atoms with Crippen molar-refractivity contribution >= 4 is 11.8 Å². The number of aryl methyl sites for hydroxylation is 1. The maximum Gasteiger partial charge on any atom is 0.303 e. The summed E-state index contributed by atoms with van der Waals surface area (Å²) in [7, 11) is 0. The smallest absolute Gasteiger partial charge is 0.303 e. The predicted molar refractivity (Wildman–Crippen MR) is 106 cm³/mol. The zero-order valence-corrected chi connectivity index (χ0v) is 16.5. The fraction of sp³-hybridized carbons (Fsp3) is 0.286. The number of Topliss-reactive ketones (excluding diaryl/α,β-unsaturated/α-hetero) is 1. The first-order valence-electron chi connectivity index (χ1n) is 9.50. The summed E-state index contributed by atoms with van der Waals surface area (Å²) in [6.45, 7) is 1.57. The summed E-state index contributed by atoms with van der Waals surface area (Å²) in [5.74, 6) is 1.26. The number of benzene rings is 2. The number of tetrazole rings is 1. The summed E-state index contributed by atoms with van der Waals surface area (Å²) in [6.07, 6.45) is 0.142. The van der Waals surface area contributed by atoms with E-state index in [0.717, 1.165) is 5.75 Å². The molecule has 0 spiro atoms. The van der Waals surface area contributed by atoms with E-state index in [1.807, 2.05) is 30.3 Å². The highest BCUT2D eigenvalue weighted by Crippen LogP contribution is 2.24. The molecular weight excluding hydrogens is 388 g/mol. The second kappa shape index (κ2) is 10.1. The van der Waals surface area contributed by atoms with Gasteiger partial charge in [0.05, 0.1) is 0 Å². The van der Waals surface area contributed by atoms with Crippen LogP contribution in [0.15, 0.2) is 54.6 Å². The van der Waals surface area contributed by atoms with Crippen molar-refractivity contribution in [3.63, 3.8) is 0 Å². The van der Waals surface area contributed by atoms with Gasteiger partial charge in [-0.05, 0) is 55.0 Å². The molecule has 30 heavy (non-hydrogen) atoms. The van der Waals surface area contributed by atoms with Gasteiger partial charge < -0.3 is 14.6 Å². The molecule has 0 fully saturated rings. The summed E-state index contributed by atoms with van der Waals surface area (Å²) in [5, 5.41) is 20.4. The number of carboxylic acid groups (broad SMARTS) is 1. The van der Waals surface area contributed by atoms with E-state index in [1.54, 1.807) is 31.2 Å². The fourth-order valence-electron chi connectivity index (χ4n) is 2.59. The Morgan fingerprint density at radius 2 is 1.70 bits per heavy atom. The summed E-state index contributed by atoms with van der Waals surface area (Å²) in [4.78, 5) is 24.1. The number of hydrogen-bond donors (Lipinski definition) is 1.